The topological polar surface area (TPSA) is 105 Å². The van der Waals surface area contributed by atoms with Crippen molar-refractivity contribution >= 4 is 40.9 Å². The van der Waals surface area contributed by atoms with Crippen molar-refractivity contribution in [3.63, 3.8) is 0 Å². The fraction of sp³-hybridized carbons (Fsp3) is 0.273. The average Bonchev–Trinajstić information content (AvgIpc) is 3.07. The number of carbonyl (C=O) groups is 4. The molecule has 1 unspecified atom stereocenters. The molecule has 0 bridgehead atoms. The number of anilines is 1. The van der Waals surface area contributed by atoms with Gasteiger partial charge in [-0.05, 0) is 42.8 Å². The van der Waals surface area contributed by atoms with Crippen LogP contribution in [0.5, 0.6) is 5.75 Å². The molecule has 2 aromatic rings. The molecule has 4 rings (SSSR count). The minimum atomic E-state index is -0.700. The fourth-order valence-electron chi connectivity index (χ4n) is 3.71. The summed E-state index contributed by atoms with van der Waals surface area (Å²) < 4.78 is 5.54. The second-order valence-electron chi connectivity index (χ2n) is 7.33. The standard InChI is InChI=1S/C22H20ClN3O5/c23-13-4-6-14(7-5-13)31-11-10-20(28)24-17-3-1-2-15-16(17)12-26(22(15)30)18-8-9-19(27)25-21(18)29/h1-7,18H,8-12H2,(H,24,28)(H,25,27,29). The molecule has 0 spiro atoms. The molecule has 2 heterocycles. The van der Waals surface area contributed by atoms with E-state index in [0.717, 1.165) is 0 Å². The summed E-state index contributed by atoms with van der Waals surface area (Å²) in [7, 11) is 0. The van der Waals surface area contributed by atoms with E-state index in [1.165, 1.54) is 4.90 Å². The Morgan fingerprint density at radius 1 is 1.16 bits per heavy atom. The summed E-state index contributed by atoms with van der Waals surface area (Å²) in [5.74, 6) is -0.731. The third-order valence-electron chi connectivity index (χ3n) is 5.27. The highest BCUT2D eigenvalue weighted by molar-refractivity contribution is 6.30. The first-order chi connectivity index (χ1) is 14.9. The van der Waals surface area contributed by atoms with Gasteiger partial charge in [0, 0.05) is 34.8 Å². The summed E-state index contributed by atoms with van der Waals surface area (Å²) >= 11 is 5.83. The van der Waals surface area contributed by atoms with Crippen LogP contribution in [-0.2, 0) is 20.9 Å². The fourth-order valence-corrected chi connectivity index (χ4v) is 3.83. The number of rotatable bonds is 6. The molecular weight excluding hydrogens is 422 g/mol. The molecule has 31 heavy (non-hydrogen) atoms. The van der Waals surface area contributed by atoms with Crippen molar-refractivity contribution in [1.29, 1.82) is 0 Å². The van der Waals surface area contributed by atoms with Crippen molar-refractivity contribution in [2.24, 2.45) is 0 Å². The Kier molecular flexibility index (Phi) is 5.90. The van der Waals surface area contributed by atoms with Crippen LogP contribution in [0.4, 0.5) is 5.69 Å². The first-order valence-corrected chi connectivity index (χ1v) is 10.2. The Bertz CT molecular complexity index is 1050. The van der Waals surface area contributed by atoms with E-state index >= 15 is 0 Å². The number of hydrogen-bond donors (Lipinski definition) is 2. The molecule has 2 aromatic carbocycles. The Balaban J connectivity index is 1.39. The van der Waals surface area contributed by atoms with Gasteiger partial charge < -0.3 is 15.0 Å². The van der Waals surface area contributed by atoms with E-state index < -0.39 is 11.9 Å². The lowest BCUT2D eigenvalue weighted by Crippen LogP contribution is -2.52. The molecule has 2 aliphatic heterocycles. The van der Waals surface area contributed by atoms with Crippen LogP contribution in [0.15, 0.2) is 42.5 Å². The smallest absolute Gasteiger partial charge is 0.255 e. The number of carbonyl (C=O) groups excluding carboxylic acids is 4. The molecule has 8 nitrogen and oxygen atoms in total. The molecular formula is C22H20ClN3O5. The molecule has 0 aromatic heterocycles. The van der Waals surface area contributed by atoms with E-state index in [1.54, 1.807) is 42.5 Å². The molecule has 2 aliphatic rings. The highest BCUT2D eigenvalue weighted by Crippen LogP contribution is 2.32. The largest absolute Gasteiger partial charge is 0.493 e. The lowest BCUT2D eigenvalue weighted by Gasteiger charge is -2.29. The van der Waals surface area contributed by atoms with Gasteiger partial charge >= 0.3 is 0 Å². The molecule has 2 N–H and O–H groups in total. The van der Waals surface area contributed by atoms with Crippen LogP contribution >= 0.6 is 11.6 Å². The lowest BCUT2D eigenvalue weighted by atomic mass is 10.0. The number of nitrogens with zero attached hydrogens (tertiary/aromatic N) is 1. The highest BCUT2D eigenvalue weighted by atomic mass is 35.5. The van der Waals surface area contributed by atoms with Gasteiger partial charge in [0.25, 0.3) is 5.91 Å². The number of halogens is 1. The predicted molar refractivity (Wildman–Crippen MR) is 113 cm³/mol. The van der Waals surface area contributed by atoms with Gasteiger partial charge in [0.2, 0.25) is 17.7 Å². The van der Waals surface area contributed by atoms with E-state index in [2.05, 4.69) is 10.6 Å². The first kappa shape index (κ1) is 20.9. The zero-order chi connectivity index (χ0) is 22.0. The number of ether oxygens (including phenoxy) is 1. The van der Waals surface area contributed by atoms with Gasteiger partial charge in [0.15, 0.2) is 0 Å². The summed E-state index contributed by atoms with van der Waals surface area (Å²) in [4.78, 5) is 50.3. The summed E-state index contributed by atoms with van der Waals surface area (Å²) in [5.41, 5.74) is 1.63. The minimum absolute atomic E-state index is 0.122. The number of benzene rings is 2. The van der Waals surface area contributed by atoms with Crippen molar-refractivity contribution in [1.82, 2.24) is 10.2 Å². The third-order valence-corrected chi connectivity index (χ3v) is 5.52. The van der Waals surface area contributed by atoms with E-state index in [0.29, 0.717) is 27.6 Å². The summed E-state index contributed by atoms with van der Waals surface area (Å²) in [6.07, 6.45) is 0.596. The molecule has 4 amide bonds. The zero-order valence-corrected chi connectivity index (χ0v) is 17.3. The quantitative estimate of drug-likeness (QED) is 0.670. The van der Waals surface area contributed by atoms with Crippen molar-refractivity contribution in [3.8, 4) is 5.75 Å². The first-order valence-electron chi connectivity index (χ1n) is 9.87. The van der Waals surface area contributed by atoms with Gasteiger partial charge in [-0.25, -0.2) is 0 Å². The molecule has 0 radical (unpaired) electrons. The van der Waals surface area contributed by atoms with Crippen molar-refractivity contribution in [2.45, 2.75) is 31.8 Å². The molecule has 1 atom stereocenters. The van der Waals surface area contributed by atoms with Gasteiger partial charge in [0.1, 0.15) is 11.8 Å². The van der Waals surface area contributed by atoms with Crippen LogP contribution in [-0.4, -0.2) is 41.2 Å². The van der Waals surface area contributed by atoms with Crippen LogP contribution in [0.2, 0.25) is 5.02 Å². The Labute approximate surface area is 183 Å². The van der Waals surface area contributed by atoms with Gasteiger partial charge in [-0.15, -0.1) is 0 Å². The number of hydrogen-bond acceptors (Lipinski definition) is 5. The SMILES string of the molecule is O=C1CCC(N2Cc3c(NC(=O)CCOc4ccc(Cl)cc4)cccc3C2=O)C(=O)N1. The van der Waals surface area contributed by atoms with E-state index in [-0.39, 0.29) is 50.1 Å². The number of nitrogens with one attached hydrogen (secondary N) is 2. The highest BCUT2D eigenvalue weighted by Gasteiger charge is 2.39. The number of fused-ring (bicyclic) bond motifs is 1. The maximum Gasteiger partial charge on any atom is 0.255 e. The van der Waals surface area contributed by atoms with E-state index in [4.69, 9.17) is 16.3 Å². The second kappa shape index (κ2) is 8.77. The van der Waals surface area contributed by atoms with Crippen LogP contribution < -0.4 is 15.4 Å². The Hall–Kier alpha value is -3.39. The van der Waals surface area contributed by atoms with Crippen LogP contribution in [0, 0.1) is 0 Å². The van der Waals surface area contributed by atoms with Crippen molar-refractivity contribution in [3.05, 3.63) is 58.6 Å². The molecule has 0 saturated carbocycles. The third kappa shape index (κ3) is 4.54. The van der Waals surface area contributed by atoms with Crippen molar-refractivity contribution in [2.75, 3.05) is 11.9 Å². The Morgan fingerprint density at radius 2 is 1.94 bits per heavy atom. The molecule has 1 saturated heterocycles. The van der Waals surface area contributed by atoms with Crippen LogP contribution in [0.1, 0.15) is 35.2 Å². The van der Waals surface area contributed by atoms with Gasteiger partial charge in [0.05, 0.1) is 13.0 Å². The molecule has 1 fully saturated rings. The normalized spacial score (nSPS) is 17.9. The van der Waals surface area contributed by atoms with Crippen LogP contribution in [0.3, 0.4) is 0 Å². The number of imide groups is 1. The molecule has 9 heteroatoms. The Morgan fingerprint density at radius 3 is 2.68 bits per heavy atom. The number of amides is 4. The number of piperidine rings is 1. The second-order valence-corrected chi connectivity index (χ2v) is 7.77. The lowest BCUT2D eigenvalue weighted by molar-refractivity contribution is -0.137. The minimum Gasteiger partial charge on any atom is -0.493 e. The van der Waals surface area contributed by atoms with E-state index in [9.17, 15) is 19.2 Å². The van der Waals surface area contributed by atoms with Crippen LogP contribution in [0.25, 0.3) is 0 Å². The maximum atomic E-state index is 12.8. The summed E-state index contributed by atoms with van der Waals surface area (Å²) in [5, 5.41) is 5.70. The van der Waals surface area contributed by atoms with Crippen molar-refractivity contribution < 1.29 is 23.9 Å². The van der Waals surface area contributed by atoms with Gasteiger partial charge in [-0.3, -0.25) is 24.5 Å². The summed E-state index contributed by atoms with van der Waals surface area (Å²) in [6, 6.07) is 11.2. The average molecular weight is 442 g/mol. The molecule has 0 aliphatic carbocycles. The maximum absolute atomic E-state index is 12.8. The summed E-state index contributed by atoms with van der Waals surface area (Å²) in [6.45, 7) is 0.377. The van der Waals surface area contributed by atoms with E-state index in [1.807, 2.05) is 0 Å². The van der Waals surface area contributed by atoms with Gasteiger partial charge in [-0.1, -0.05) is 17.7 Å². The predicted octanol–water partition coefficient (Wildman–Crippen LogP) is 2.51. The zero-order valence-electron chi connectivity index (χ0n) is 16.5. The monoisotopic (exact) mass is 441 g/mol. The van der Waals surface area contributed by atoms with Gasteiger partial charge in [-0.2, -0.15) is 0 Å². The molecule has 160 valence electrons.